The van der Waals surface area contributed by atoms with Gasteiger partial charge in [-0.3, -0.25) is 4.99 Å². The van der Waals surface area contributed by atoms with Crippen molar-refractivity contribution in [2.24, 2.45) is 4.99 Å². The summed E-state index contributed by atoms with van der Waals surface area (Å²) in [7, 11) is 0. The number of nitrogens with one attached hydrogen (secondary N) is 2. The average molecular weight is 396 g/mol. The molecule has 1 aromatic carbocycles. The van der Waals surface area contributed by atoms with Crippen molar-refractivity contribution in [1.82, 2.24) is 10.6 Å². The molecular weight excluding hydrogens is 380 g/mol. The van der Waals surface area contributed by atoms with Crippen LogP contribution in [0.5, 0.6) is 0 Å². The van der Waals surface area contributed by atoms with Gasteiger partial charge in [0.2, 0.25) is 0 Å². The summed E-state index contributed by atoms with van der Waals surface area (Å²) in [5, 5.41) is 7.03. The summed E-state index contributed by atoms with van der Waals surface area (Å²) in [5.74, 6) is 0.779. The van der Waals surface area contributed by atoms with Crippen molar-refractivity contribution in [2.75, 3.05) is 13.1 Å². The normalized spacial score (nSPS) is 24.8. The number of hydrogen-bond donors (Lipinski definition) is 2. The monoisotopic (exact) mass is 395 g/mol. The topological polar surface area (TPSA) is 36.4 Å². The standard InChI is InChI=1S/C13H15ClFN3.HI/c14-9-3-1-4-10(15)12(9)8-7-11(8)18-13-16-5-2-6-17-13;/h1,3-4,8,11H,2,5-7H2,(H2,16,17,18);1H. The first-order valence-corrected chi connectivity index (χ1v) is 6.62. The molecule has 0 saturated heterocycles. The van der Waals surface area contributed by atoms with Crippen LogP contribution in [0.3, 0.4) is 0 Å². The maximum atomic E-state index is 13.7. The van der Waals surface area contributed by atoms with E-state index in [1.807, 2.05) is 0 Å². The second-order valence-corrected chi connectivity index (χ2v) is 5.15. The Morgan fingerprint density at radius 2 is 2.26 bits per heavy atom. The zero-order valence-electron chi connectivity index (χ0n) is 10.3. The molecule has 3 nitrogen and oxygen atoms in total. The predicted molar refractivity (Wildman–Crippen MR) is 86.0 cm³/mol. The molecule has 1 saturated carbocycles. The molecule has 1 heterocycles. The number of halogens is 3. The molecule has 104 valence electrons. The second kappa shape index (κ2) is 6.26. The Kier molecular flexibility index (Phi) is 4.89. The highest BCUT2D eigenvalue weighted by Gasteiger charge is 2.42. The third-order valence-electron chi connectivity index (χ3n) is 3.38. The molecule has 0 amide bonds. The number of guanidine groups is 1. The Hall–Kier alpha value is -0.560. The van der Waals surface area contributed by atoms with Crippen LogP contribution in [0.2, 0.25) is 5.02 Å². The van der Waals surface area contributed by atoms with Crippen LogP contribution in [-0.4, -0.2) is 25.1 Å². The van der Waals surface area contributed by atoms with Gasteiger partial charge in [0.1, 0.15) is 5.82 Å². The van der Waals surface area contributed by atoms with Crippen molar-refractivity contribution < 1.29 is 4.39 Å². The Bertz CT molecular complexity index is 475. The van der Waals surface area contributed by atoms with Crippen LogP contribution in [0.1, 0.15) is 24.3 Å². The van der Waals surface area contributed by atoms with E-state index in [1.165, 1.54) is 6.07 Å². The van der Waals surface area contributed by atoms with E-state index < -0.39 is 0 Å². The molecule has 2 N–H and O–H groups in total. The zero-order chi connectivity index (χ0) is 12.5. The quantitative estimate of drug-likeness (QED) is 0.756. The van der Waals surface area contributed by atoms with Gasteiger partial charge in [-0.15, -0.1) is 24.0 Å². The Labute approximate surface area is 134 Å². The van der Waals surface area contributed by atoms with Gasteiger partial charge in [-0.05, 0) is 25.0 Å². The first-order chi connectivity index (χ1) is 8.75. The van der Waals surface area contributed by atoms with Gasteiger partial charge in [-0.2, -0.15) is 0 Å². The lowest BCUT2D eigenvalue weighted by molar-refractivity contribution is 0.607. The van der Waals surface area contributed by atoms with Gasteiger partial charge in [0.25, 0.3) is 0 Å². The molecule has 0 spiro atoms. The predicted octanol–water partition coefficient (Wildman–Crippen LogP) is 2.89. The summed E-state index contributed by atoms with van der Waals surface area (Å²) < 4.78 is 13.7. The van der Waals surface area contributed by atoms with Gasteiger partial charge in [0.05, 0.1) is 0 Å². The third-order valence-corrected chi connectivity index (χ3v) is 3.71. The molecule has 0 radical (unpaired) electrons. The molecule has 2 atom stereocenters. The summed E-state index contributed by atoms with van der Waals surface area (Å²) in [6, 6.07) is 5.08. The lowest BCUT2D eigenvalue weighted by Gasteiger charge is -2.16. The zero-order valence-corrected chi connectivity index (χ0v) is 13.4. The third kappa shape index (κ3) is 3.31. The van der Waals surface area contributed by atoms with Crippen molar-refractivity contribution in [3.05, 3.63) is 34.6 Å². The fraction of sp³-hybridized carbons (Fsp3) is 0.462. The van der Waals surface area contributed by atoms with E-state index in [0.717, 1.165) is 31.9 Å². The largest absolute Gasteiger partial charge is 0.356 e. The molecule has 2 unspecified atom stereocenters. The lowest BCUT2D eigenvalue weighted by atomic mass is 10.1. The maximum absolute atomic E-state index is 13.7. The summed E-state index contributed by atoms with van der Waals surface area (Å²) in [5.41, 5.74) is 0.632. The van der Waals surface area contributed by atoms with Crippen LogP contribution >= 0.6 is 35.6 Å². The van der Waals surface area contributed by atoms with E-state index in [-0.39, 0.29) is 41.8 Å². The smallest absolute Gasteiger partial charge is 0.191 e. The summed E-state index contributed by atoms with van der Waals surface area (Å²) in [6.45, 7) is 1.80. The SMILES string of the molecule is Fc1cccc(Cl)c1C1CC1NC1=NCCCN1.I. The van der Waals surface area contributed by atoms with Gasteiger partial charge in [0.15, 0.2) is 5.96 Å². The molecule has 1 aliphatic carbocycles. The van der Waals surface area contributed by atoms with Crippen molar-refractivity contribution in [1.29, 1.82) is 0 Å². The Morgan fingerprint density at radius 1 is 1.42 bits per heavy atom. The molecule has 2 aliphatic rings. The first-order valence-electron chi connectivity index (χ1n) is 6.24. The minimum Gasteiger partial charge on any atom is -0.356 e. The van der Waals surface area contributed by atoms with Gasteiger partial charge < -0.3 is 10.6 Å². The Balaban J connectivity index is 0.00000133. The van der Waals surface area contributed by atoms with E-state index in [1.54, 1.807) is 12.1 Å². The van der Waals surface area contributed by atoms with Crippen LogP contribution in [0.4, 0.5) is 4.39 Å². The second-order valence-electron chi connectivity index (χ2n) is 4.74. The highest BCUT2D eigenvalue weighted by Crippen LogP contribution is 2.44. The minimum absolute atomic E-state index is 0. The summed E-state index contributed by atoms with van der Waals surface area (Å²) in [6.07, 6.45) is 1.97. The molecule has 0 bridgehead atoms. The van der Waals surface area contributed by atoms with Gasteiger partial charge in [-0.1, -0.05) is 17.7 Å². The van der Waals surface area contributed by atoms with Crippen LogP contribution in [-0.2, 0) is 0 Å². The van der Waals surface area contributed by atoms with Crippen molar-refractivity contribution in [2.45, 2.75) is 24.8 Å². The molecule has 1 aliphatic heterocycles. The average Bonchev–Trinajstić information content (AvgIpc) is 3.09. The van der Waals surface area contributed by atoms with Crippen LogP contribution < -0.4 is 10.6 Å². The number of benzene rings is 1. The molecule has 0 aromatic heterocycles. The maximum Gasteiger partial charge on any atom is 0.191 e. The highest BCUT2D eigenvalue weighted by molar-refractivity contribution is 14.0. The molecule has 1 aromatic rings. The number of nitrogens with zero attached hydrogens (tertiary/aromatic N) is 1. The van der Waals surface area contributed by atoms with E-state index in [2.05, 4.69) is 15.6 Å². The summed E-state index contributed by atoms with van der Waals surface area (Å²) >= 11 is 6.06. The van der Waals surface area contributed by atoms with E-state index in [9.17, 15) is 4.39 Å². The summed E-state index contributed by atoms with van der Waals surface area (Å²) in [4.78, 5) is 4.35. The molecule has 1 fully saturated rings. The minimum atomic E-state index is -0.213. The lowest BCUT2D eigenvalue weighted by Crippen LogP contribution is -2.42. The van der Waals surface area contributed by atoms with Gasteiger partial charge in [0, 0.05) is 35.6 Å². The number of rotatable bonds is 2. The van der Waals surface area contributed by atoms with E-state index in [0.29, 0.717) is 10.6 Å². The van der Waals surface area contributed by atoms with Crippen LogP contribution in [0.15, 0.2) is 23.2 Å². The molecule has 3 rings (SSSR count). The van der Waals surface area contributed by atoms with Crippen LogP contribution in [0.25, 0.3) is 0 Å². The van der Waals surface area contributed by atoms with Gasteiger partial charge >= 0.3 is 0 Å². The first kappa shape index (κ1) is 14.8. The van der Waals surface area contributed by atoms with E-state index >= 15 is 0 Å². The Morgan fingerprint density at radius 3 is 2.95 bits per heavy atom. The fourth-order valence-electron chi connectivity index (χ4n) is 2.34. The molecular formula is C13H16ClFIN3. The fourth-order valence-corrected chi connectivity index (χ4v) is 2.65. The van der Waals surface area contributed by atoms with Crippen LogP contribution in [0, 0.1) is 5.82 Å². The van der Waals surface area contributed by atoms with E-state index in [4.69, 9.17) is 11.6 Å². The number of aliphatic imine (C=N–C) groups is 1. The van der Waals surface area contributed by atoms with Gasteiger partial charge in [-0.25, -0.2) is 4.39 Å². The number of hydrogen-bond acceptors (Lipinski definition) is 3. The van der Waals surface area contributed by atoms with Crippen molar-refractivity contribution >= 4 is 41.5 Å². The highest BCUT2D eigenvalue weighted by atomic mass is 127. The van der Waals surface area contributed by atoms with Crippen molar-refractivity contribution in [3.8, 4) is 0 Å². The molecule has 19 heavy (non-hydrogen) atoms. The van der Waals surface area contributed by atoms with Crippen molar-refractivity contribution in [3.63, 3.8) is 0 Å². The molecule has 6 heteroatoms.